The van der Waals surface area contributed by atoms with Crippen molar-refractivity contribution in [2.75, 3.05) is 26.4 Å². The van der Waals surface area contributed by atoms with Gasteiger partial charge in [-0.15, -0.1) is 11.8 Å². The van der Waals surface area contributed by atoms with Crippen LogP contribution in [-0.2, 0) is 14.2 Å². The van der Waals surface area contributed by atoms with Gasteiger partial charge in [0.05, 0.1) is 11.9 Å². The molecular weight excluding hydrogens is 300 g/mol. The molecule has 1 rings (SSSR count). The van der Waals surface area contributed by atoms with Crippen LogP contribution in [0.15, 0.2) is 0 Å². The largest absolute Gasteiger partial charge is 0.380 e. The van der Waals surface area contributed by atoms with E-state index in [0.29, 0.717) is 13.2 Å². The lowest BCUT2D eigenvalue weighted by Crippen LogP contribution is -2.39. The van der Waals surface area contributed by atoms with Crippen LogP contribution < -0.4 is 0 Å². The fourth-order valence-corrected chi connectivity index (χ4v) is 3.70. The van der Waals surface area contributed by atoms with Crippen molar-refractivity contribution in [3.8, 4) is 0 Å². The quantitative estimate of drug-likeness (QED) is 0.521. The number of thioether (sulfide) groups is 1. The highest BCUT2D eigenvalue weighted by molar-refractivity contribution is 8.00. The molecular formula is C17H34O4S. The number of rotatable bonds is 13. The lowest BCUT2D eigenvalue weighted by Gasteiger charge is -2.25. The molecule has 0 bridgehead atoms. The van der Waals surface area contributed by atoms with E-state index in [0.717, 1.165) is 51.7 Å². The summed E-state index contributed by atoms with van der Waals surface area (Å²) in [6.07, 6.45) is 6.20. The van der Waals surface area contributed by atoms with E-state index in [2.05, 4.69) is 20.8 Å². The summed E-state index contributed by atoms with van der Waals surface area (Å²) in [5.41, 5.74) is -0.511. The molecule has 5 heteroatoms. The van der Waals surface area contributed by atoms with E-state index >= 15 is 0 Å². The number of ether oxygens (including phenoxy) is 3. The Morgan fingerprint density at radius 2 is 1.36 bits per heavy atom. The van der Waals surface area contributed by atoms with Crippen LogP contribution in [0.25, 0.3) is 0 Å². The Morgan fingerprint density at radius 1 is 0.818 bits per heavy atom. The number of unbranched alkanes of at least 4 members (excludes halogenated alkanes) is 3. The summed E-state index contributed by atoms with van der Waals surface area (Å²) in [7, 11) is 0. The van der Waals surface area contributed by atoms with E-state index in [9.17, 15) is 5.11 Å². The molecule has 1 saturated heterocycles. The standard InChI is InChI=1S/C17H34O4S/c1-4-7-10-19-13-14-15(20-11-8-5-2)16(17(18)22-14)21-12-9-6-3/h14-18H,4-13H2,1-3H3/t14-,15-,16+,17?/m0/s1. The van der Waals surface area contributed by atoms with Crippen molar-refractivity contribution in [2.24, 2.45) is 0 Å². The number of aliphatic hydroxyl groups excluding tert-OH is 1. The second kappa shape index (κ2) is 12.6. The van der Waals surface area contributed by atoms with Crippen LogP contribution in [0, 0.1) is 0 Å². The van der Waals surface area contributed by atoms with Gasteiger partial charge in [0.15, 0.2) is 0 Å². The summed E-state index contributed by atoms with van der Waals surface area (Å²) in [6.45, 7) is 9.29. The Bertz CT molecular complexity index is 265. The molecule has 0 aliphatic carbocycles. The van der Waals surface area contributed by atoms with Gasteiger partial charge < -0.3 is 19.3 Å². The maximum Gasteiger partial charge on any atom is 0.128 e. The van der Waals surface area contributed by atoms with Gasteiger partial charge in [-0.1, -0.05) is 40.0 Å². The summed E-state index contributed by atoms with van der Waals surface area (Å²) in [5.74, 6) is 0. The predicted molar refractivity (Wildman–Crippen MR) is 92.4 cm³/mol. The first-order chi connectivity index (χ1) is 10.7. The van der Waals surface area contributed by atoms with Crippen LogP contribution in [-0.4, -0.2) is 54.4 Å². The monoisotopic (exact) mass is 334 g/mol. The summed E-state index contributed by atoms with van der Waals surface area (Å²) in [5, 5.41) is 10.5. The Morgan fingerprint density at radius 3 is 1.95 bits per heavy atom. The van der Waals surface area contributed by atoms with Crippen molar-refractivity contribution in [1.82, 2.24) is 0 Å². The van der Waals surface area contributed by atoms with Gasteiger partial charge >= 0.3 is 0 Å². The van der Waals surface area contributed by atoms with Gasteiger partial charge in [-0.2, -0.15) is 0 Å². The van der Waals surface area contributed by atoms with Gasteiger partial charge in [0, 0.05) is 19.8 Å². The van der Waals surface area contributed by atoms with Gasteiger partial charge in [0.1, 0.15) is 17.6 Å². The van der Waals surface area contributed by atoms with Crippen molar-refractivity contribution < 1.29 is 19.3 Å². The maximum absolute atomic E-state index is 10.3. The molecule has 1 heterocycles. The van der Waals surface area contributed by atoms with E-state index in [1.807, 2.05) is 0 Å². The smallest absolute Gasteiger partial charge is 0.128 e. The molecule has 0 aromatic carbocycles. The van der Waals surface area contributed by atoms with Crippen molar-refractivity contribution in [3.63, 3.8) is 0 Å². The summed E-state index contributed by atoms with van der Waals surface area (Å²) in [6, 6.07) is 0. The second-order valence-electron chi connectivity index (χ2n) is 5.87. The highest BCUT2D eigenvalue weighted by Crippen LogP contribution is 2.37. The summed E-state index contributed by atoms with van der Waals surface area (Å²) >= 11 is 1.54. The Kier molecular flexibility index (Phi) is 11.6. The first kappa shape index (κ1) is 20.2. The molecule has 0 radical (unpaired) electrons. The zero-order valence-electron chi connectivity index (χ0n) is 14.5. The zero-order valence-corrected chi connectivity index (χ0v) is 15.3. The molecule has 0 aromatic rings. The molecule has 1 N–H and O–H groups in total. The number of hydrogen-bond donors (Lipinski definition) is 1. The van der Waals surface area contributed by atoms with Gasteiger partial charge in [-0.25, -0.2) is 0 Å². The minimum Gasteiger partial charge on any atom is -0.380 e. The van der Waals surface area contributed by atoms with E-state index in [-0.39, 0.29) is 17.5 Å². The van der Waals surface area contributed by atoms with Gasteiger partial charge in [-0.3, -0.25) is 0 Å². The first-order valence-corrected chi connectivity index (χ1v) is 9.83. The molecule has 1 unspecified atom stereocenters. The molecule has 4 atom stereocenters. The topological polar surface area (TPSA) is 47.9 Å². The normalized spacial score (nSPS) is 28.4. The van der Waals surface area contributed by atoms with Crippen molar-refractivity contribution >= 4 is 11.8 Å². The van der Waals surface area contributed by atoms with Crippen molar-refractivity contribution in [3.05, 3.63) is 0 Å². The molecule has 0 saturated carbocycles. The molecule has 0 spiro atoms. The fourth-order valence-electron chi connectivity index (χ4n) is 2.39. The lowest BCUT2D eigenvalue weighted by molar-refractivity contribution is -0.0969. The average Bonchev–Trinajstić information content (AvgIpc) is 2.80. The van der Waals surface area contributed by atoms with Crippen LogP contribution in [0.5, 0.6) is 0 Å². The third kappa shape index (κ3) is 7.18. The van der Waals surface area contributed by atoms with E-state index in [4.69, 9.17) is 14.2 Å². The van der Waals surface area contributed by atoms with Crippen molar-refractivity contribution in [1.29, 1.82) is 0 Å². The third-order valence-electron chi connectivity index (χ3n) is 3.83. The first-order valence-electron chi connectivity index (χ1n) is 8.89. The Balaban J connectivity index is 2.48. The SMILES string of the molecule is CCCCOC[C@@H]1SC(O)[C@H](OCCCC)[C@H]1OCCCC. The summed E-state index contributed by atoms with van der Waals surface area (Å²) in [4.78, 5) is 0. The second-order valence-corrected chi connectivity index (χ2v) is 7.23. The number of aliphatic hydroxyl groups is 1. The Hall–Kier alpha value is 0.190. The predicted octanol–water partition coefficient (Wildman–Crippen LogP) is 3.61. The Labute approximate surface area is 140 Å². The van der Waals surface area contributed by atoms with Crippen LogP contribution in [0.1, 0.15) is 59.3 Å². The van der Waals surface area contributed by atoms with Crippen molar-refractivity contribution in [2.45, 2.75) is 82.2 Å². The average molecular weight is 335 g/mol. The molecule has 132 valence electrons. The van der Waals surface area contributed by atoms with Gasteiger partial charge in [0.2, 0.25) is 0 Å². The molecule has 1 aliphatic heterocycles. The zero-order chi connectivity index (χ0) is 16.2. The molecule has 1 aliphatic rings. The van der Waals surface area contributed by atoms with E-state index in [1.165, 1.54) is 11.8 Å². The van der Waals surface area contributed by atoms with Crippen LogP contribution in [0.3, 0.4) is 0 Å². The lowest BCUT2D eigenvalue weighted by atomic mass is 10.1. The van der Waals surface area contributed by atoms with E-state index in [1.54, 1.807) is 0 Å². The summed E-state index contributed by atoms with van der Waals surface area (Å²) < 4.78 is 17.7. The highest BCUT2D eigenvalue weighted by atomic mass is 32.2. The third-order valence-corrected chi connectivity index (χ3v) is 5.13. The highest BCUT2D eigenvalue weighted by Gasteiger charge is 2.45. The maximum atomic E-state index is 10.3. The number of hydrogen-bond acceptors (Lipinski definition) is 5. The molecule has 0 aromatic heterocycles. The van der Waals surface area contributed by atoms with Crippen LogP contribution in [0.2, 0.25) is 0 Å². The van der Waals surface area contributed by atoms with E-state index < -0.39 is 5.44 Å². The molecule has 4 nitrogen and oxygen atoms in total. The minimum atomic E-state index is -0.511. The van der Waals surface area contributed by atoms with Crippen LogP contribution >= 0.6 is 11.8 Å². The van der Waals surface area contributed by atoms with Crippen LogP contribution in [0.4, 0.5) is 0 Å². The van der Waals surface area contributed by atoms with Gasteiger partial charge in [-0.05, 0) is 19.3 Å². The molecule has 22 heavy (non-hydrogen) atoms. The molecule has 1 fully saturated rings. The minimum absolute atomic E-state index is 0.0648. The van der Waals surface area contributed by atoms with Gasteiger partial charge in [0.25, 0.3) is 0 Å². The fraction of sp³-hybridized carbons (Fsp3) is 1.00. The molecule has 0 amide bonds.